The number of Topliss-reactive ketones (excluding diaryl/α,β-unsaturated/α-hetero) is 1. The van der Waals surface area contributed by atoms with Crippen LogP contribution in [0.2, 0.25) is 0 Å². The molecule has 0 aliphatic carbocycles. The minimum absolute atomic E-state index is 0.235. The molecule has 0 amide bonds. The van der Waals surface area contributed by atoms with Crippen molar-refractivity contribution in [3.05, 3.63) is 33.8 Å². The van der Waals surface area contributed by atoms with Crippen LogP contribution in [-0.2, 0) is 4.74 Å². The van der Waals surface area contributed by atoms with Gasteiger partial charge in [0, 0.05) is 10.0 Å². The topological polar surface area (TPSA) is 43.4 Å². The molecule has 0 aliphatic rings. The molecule has 0 aliphatic heterocycles. The Kier molecular flexibility index (Phi) is 5.15. The van der Waals surface area contributed by atoms with Gasteiger partial charge >= 0.3 is 5.97 Å². The third kappa shape index (κ3) is 3.30. The Bertz CT molecular complexity index is 443. The zero-order chi connectivity index (χ0) is 13.0. The molecule has 1 rings (SSSR count). The van der Waals surface area contributed by atoms with E-state index >= 15 is 0 Å². The van der Waals surface area contributed by atoms with E-state index in [0.717, 1.165) is 0 Å². The van der Waals surface area contributed by atoms with Gasteiger partial charge in [-0.1, -0.05) is 22.0 Å². The molecule has 0 bridgehead atoms. The highest BCUT2D eigenvalue weighted by atomic mass is 79.9. The van der Waals surface area contributed by atoms with E-state index in [-0.39, 0.29) is 23.5 Å². The van der Waals surface area contributed by atoms with Crippen LogP contribution in [0, 0.1) is 0 Å². The number of benzene rings is 1. The average Bonchev–Trinajstić information content (AvgIpc) is 2.28. The van der Waals surface area contributed by atoms with Gasteiger partial charge in [0.05, 0.1) is 17.5 Å². The molecular formula is C12H12BrClO3. The highest BCUT2D eigenvalue weighted by Gasteiger charge is 2.23. The van der Waals surface area contributed by atoms with Gasteiger partial charge in [-0.3, -0.25) is 4.79 Å². The molecule has 0 N–H and O–H groups in total. The van der Waals surface area contributed by atoms with Crippen molar-refractivity contribution in [1.82, 2.24) is 0 Å². The van der Waals surface area contributed by atoms with Crippen molar-refractivity contribution >= 4 is 39.3 Å². The molecule has 0 saturated heterocycles. The zero-order valence-corrected chi connectivity index (χ0v) is 11.8. The Hall–Kier alpha value is -0.870. The summed E-state index contributed by atoms with van der Waals surface area (Å²) in [5.74, 6) is -0.823. The third-order valence-electron chi connectivity index (χ3n) is 2.12. The molecule has 3 nitrogen and oxygen atoms in total. The van der Waals surface area contributed by atoms with E-state index in [0.29, 0.717) is 4.47 Å². The van der Waals surface area contributed by atoms with E-state index in [1.54, 1.807) is 32.0 Å². The predicted molar refractivity (Wildman–Crippen MR) is 69.7 cm³/mol. The molecule has 0 heterocycles. The van der Waals surface area contributed by atoms with Crippen molar-refractivity contribution in [1.29, 1.82) is 0 Å². The summed E-state index contributed by atoms with van der Waals surface area (Å²) >= 11 is 9.01. The van der Waals surface area contributed by atoms with E-state index in [1.807, 2.05) is 0 Å². The van der Waals surface area contributed by atoms with Gasteiger partial charge < -0.3 is 4.74 Å². The summed E-state index contributed by atoms with van der Waals surface area (Å²) in [5.41, 5.74) is 0.507. The van der Waals surface area contributed by atoms with Crippen LogP contribution in [0.5, 0.6) is 0 Å². The van der Waals surface area contributed by atoms with Crippen LogP contribution in [0.25, 0.3) is 0 Å². The Morgan fingerprint density at radius 1 is 1.47 bits per heavy atom. The molecule has 0 saturated carbocycles. The van der Waals surface area contributed by atoms with Crippen molar-refractivity contribution in [3.63, 3.8) is 0 Å². The minimum Gasteiger partial charge on any atom is -0.462 e. The summed E-state index contributed by atoms with van der Waals surface area (Å²) in [6.07, 6.45) is 0. The first-order chi connectivity index (χ1) is 7.99. The number of hydrogen-bond donors (Lipinski definition) is 0. The minimum atomic E-state index is -0.693. The van der Waals surface area contributed by atoms with Gasteiger partial charge in [0.1, 0.15) is 0 Å². The molecular weight excluding hydrogens is 307 g/mol. The number of alkyl halides is 1. The van der Waals surface area contributed by atoms with E-state index in [1.165, 1.54) is 0 Å². The Morgan fingerprint density at radius 2 is 2.12 bits per heavy atom. The standard InChI is InChI=1S/C12H12BrClO3/c1-3-17-12(16)8-5-4-6-9(13)10(8)11(15)7(2)14/h4-7H,3H2,1-2H3. The Morgan fingerprint density at radius 3 is 2.65 bits per heavy atom. The van der Waals surface area contributed by atoms with Crippen molar-refractivity contribution in [3.8, 4) is 0 Å². The summed E-state index contributed by atoms with van der Waals surface area (Å²) in [7, 11) is 0. The molecule has 1 unspecified atom stereocenters. The quantitative estimate of drug-likeness (QED) is 0.485. The number of halogens is 2. The van der Waals surface area contributed by atoms with Crippen LogP contribution in [0.3, 0.4) is 0 Å². The van der Waals surface area contributed by atoms with Crippen molar-refractivity contribution in [2.45, 2.75) is 19.2 Å². The normalized spacial score (nSPS) is 12.0. The fraction of sp³-hybridized carbons (Fsp3) is 0.333. The SMILES string of the molecule is CCOC(=O)c1cccc(Br)c1C(=O)C(C)Cl. The van der Waals surface area contributed by atoms with E-state index in [9.17, 15) is 9.59 Å². The molecule has 1 aromatic carbocycles. The van der Waals surface area contributed by atoms with Crippen LogP contribution in [0.4, 0.5) is 0 Å². The van der Waals surface area contributed by atoms with Crippen LogP contribution < -0.4 is 0 Å². The van der Waals surface area contributed by atoms with Gasteiger partial charge in [-0.25, -0.2) is 4.79 Å². The lowest BCUT2D eigenvalue weighted by atomic mass is 10.0. The van der Waals surface area contributed by atoms with Crippen molar-refractivity contribution in [2.75, 3.05) is 6.61 Å². The third-order valence-corrected chi connectivity index (χ3v) is 2.98. The van der Waals surface area contributed by atoms with Gasteiger partial charge in [-0.15, -0.1) is 11.6 Å². The number of ether oxygens (including phenoxy) is 1. The second-order valence-electron chi connectivity index (χ2n) is 3.36. The number of esters is 1. The number of carbonyl (C=O) groups excluding carboxylic acids is 2. The molecule has 5 heteroatoms. The lowest BCUT2D eigenvalue weighted by Gasteiger charge is -2.10. The largest absolute Gasteiger partial charge is 0.462 e. The fourth-order valence-electron chi connectivity index (χ4n) is 1.35. The number of rotatable bonds is 4. The van der Waals surface area contributed by atoms with Crippen LogP contribution in [0.1, 0.15) is 34.6 Å². The van der Waals surface area contributed by atoms with Crippen LogP contribution in [-0.4, -0.2) is 23.7 Å². The monoisotopic (exact) mass is 318 g/mol. The molecule has 1 aromatic rings. The maximum absolute atomic E-state index is 11.9. The first kappa shape index (κ1) is 14.2. The van der Waals surface area contributed by atoms with Gasteiger partial charge in [0.25, 0.3) is 0 Å². The maximum atomic E-state index is 11.9. The maximum Gasteiger partial charge on any atom is 0.338 e. The summed E-state index contributed by atoms with van der Waals surface area (Å²) in [5, 5.41) is -0.693. The molecule has 0 fully saturated rings. The average molecular weight is 320 g/mol. The van der Waals surface area contributed by atoms with Crippen LogP contribution >= 0.6 is 27.5 Å². The number of carbonyl (C=O) groups is 2. The molecule has 0 radical (unpaired) electrons. The number of ketones is 1. The molecule has 1 atom stereocenters. The fourth-order valence-corrected chi connectivity index (χ4v) is 2.02. The molecule has 0 aromatic heterocycles. The number of hydrogen-bond acceptors (Lipinski definition) is 3. The summed E-state index contributed by atoms with van der Waals surface area (Å²) in [4.78, 5) is 23.6. The summed E-state index contributed by atoms with van der Waals surface area (Å²) in [6.45, 7) is 3.54. The zero-order valence-electron chi connectivity index (χ0n) is 9.50. The molecule has 17 heavy (non-hydrogen) atoms. The van der Waals surface area contributed by atoms with E-state index < -0.39 is 11.3 Å². The Balaban J connectivity index is 3.26. The first-order valence-corrected chi connectivity index (χ1v) is 6.35. The van der Waals surface area contributed by atoms with Gasteiger partial charge in [0.2, 0.25) is 0 Å². The van der Waals surface area contributed by atoms with Crippen molar-refractivity contribution in [2.24, 2.45) is 0 Å². The highest BCUT2D eigenvalue weighted by Crippen LogP contribution is 2.24. The van der Waals surface area contributed by atoms with Gasteiger partial charge in [-0.2, -0.15) is 0 Å². The second-order valence-corrected chi connectivity index (χ2v) is 4.87. The predicted octanol–water partition coefficient (Wildman–Crippen LogP) is 3.44. The lowest BCUT2D eigenvalue weighted by Crippen LogP contribution is -2.17. The van der Waals surface area contributed by atoms with Gasteiger partial charge in [-0.05, 0) is 26.0 Å². The Labute approximate surface area is 113 Å². The first-order valence-electron chi connectivity index (χ1n) is 5.13. The lowest BCUT2D eigenvalue weighted by molar-refractivity contribution is 0.0523. The van der Waals surface area contributed by atoms with Gasteiger partial charge in [0.15, 0.2) is 5.78 Å². The van der Waals surface area contributed by atoms with E-state index in [2.05, 4.69) is 15.9 Å². The smallest absolute Gasteiger partial charge is 0.338 e. The second kappa shape index (κ2) is 6.17. The van der Waals surface area contributed by atoms with Crippen molar-refractivity contribution < 1.29 is 14.3 Å². The summed E-state index contributed by atoms with van der Waals surface area (Å²) in [6, 6.07) is 4.91. The highest BCUT2D eigenvalue weighted by molar-refractivity contribution is 9.10. The van der Waals surface area contributed by atoms with E-state index in [4.69, 9.17) is 16.3 Å². The summed E-state index contributed by atoms with van der Waals surface area (Å²) < 4.78 is 5.44. The molecule has 92 valence electrons. The molecule has 0 spiro atoms. The van der Waals surface area contributed by atoms with Crippen LogP contribution in [0.15, 0.2) is 22.7 Å².